The van der Waals surface area contributed by atoms with Gasteiger partial charge in [0.2, 0.25) is 5.91 Å². The summed E-state index contributed by atoms with van der Waals surface area (Å²) in [5.41, 5.74) is 1.29. The minimum absolute atomic E-state index is 0.00306. The van der Waals surface area contributed by atoms with Crippen molar-refractivity contribution in [1.82, 2.24) is 19.4 Å². The number of rotatable bonds is 6. The molecule has 7 nitrogen and oxygen atoms in total. The number of aromatic amines is 1. The van der Waals surface area contributed by atoms with Crippen LogP contribution in [0.3, 0.4) is 0 Å². The molecule has 1 amide bonds. The average Bonchev–Trinajstić information content (AvgIpc) is 2.95. The van der Waals surface area contributed by atoms with Crippen LogP contribution in [-0.2, 0) is 16.1 Å². The van der Waals surface area contributed by atoms with E-state index in [2.05, 4.69) is 16.8 Å². The number of nitrogens with zero attached hydrogens (tertiary/aromatic N) is 3. The minimum Gasteiger partial charge on any atom is -0.383 e. The number of carbonyl (C=O) groups excluding carboxylic acids is 1. The van der Waals surface area contributed by atoms with Crippen LogP contribution < -0.4 is 5.69 Å². The van der Waals surface area contributed by atoms with E-state index in [0.29, 0.717) is 25.7 Å². The number of methoxy groups -OCH3 is 1. The molecule has 1 atom stereocenters. The Bertz CT molecular complexity index is 782. The Morgan fingerprint density at radius 3 is 2.88 bits per heavy atom. The number of para-hydroxylation sites is 2. The van der Waals surface area contributed by atoms with Crippen LogP contribution in [0, 0.1) is 0 Å². The Balaban J connectivity index is 1.69. The Kier molecular flexibility index (Phi) is 5.55. The van der Waals surface area contributed by atoms with Gasteiger partial charge in [0.1, 0.15) is 6.54 Å². The maximum absolute atomic E-state index is 12.8. The number of H-pyrrole nitrogens is 1. The smallest absolute Gasteiger partial charge is 0.326 e. The van der Waals surface area contributed by atoms with Gasteiger partial charge < -0.3 is 14.6 Å². The maximum Gasteiger partial charge on any atom is 0.326 e. The molecule has 1 aromatic heterocycles. The molecule has 2 aromatic rings. The van der Waals surface area contributed by atoms with Crippen LogP contribution in [0.25, 0.3) is 11.0 Å². The Hall–Kier alpha value is -2.12. The fourth-order valence-corrected chi connectivity index (χ4v) is 3.51. The monoisotopic (exact) mass is 346 g/mol. The van der Waals surface area contributed by atoms with Crippen LogP contribution in [0.15, 0.2) is 29.1 Å². The molecule has 1 aliphatic heterocycles. The van der Waals surface area contributed by atoms with Gasteiger partial charge in [0.25, 0.3) is 0 Å². The van der Waals surface area contributed by atoms with Crippen molar-refractivity contribution in [1.29, 1.82) is 0 Å². The van der Waals surface area contributed by atoms with Gasteiger partial charge >= 0.3 is 5.69 Å². The van der Waals surface area contributed by atoms with Gasteiger partial charge in [0, 0.05) is 39.3 Å². The number of nitrogens with one attached hydrogen (secondary N) is 1. The summed E-state index contributed by atoms with van der Waals surface area (Å²) in [6.45, 7) is 6.05. The van der Waals surface area contributed by atoms with Crippen LogP contribution >= 0.6 is 0 Å². The second kappa shape index (κ2) is 7.84. The molecule has 1 saturated heterocycles. The summed E-state index contributed by atoms with van der Waals surface area (Å²) in [5, 5.41) is 0. The number of ether oxygens (including phenoxy) is 1. The number of imidazole rings is 1. The van der Waals surface area contributed by atoms with Crippen molar-refractivity contribution in [2.24, 2.45) is 0 Å². The first kappa shape index (κ1) is 17.7. The molecule has 3 rings (SSSR count). The quantitative estimate of drug-likeness (QED) is 0.844. The van der Waals surface area contributed by atoms with Gasteiger partial charge in [-0.2, -0.15) is 0 Å². The fourth-order valence-electron chi connectivity index (χ4n) is 3.51. The SMILES string of the molecule is CCC1CN(C(=O)Cn2c(=O)[nH]c3ccccc32)CCN1CCOC. The lowest BCUT2D eigenvalue weighted by Crippen LogP contribution is -2.55. The zero-order chi connectivity index (χ0) is 17.8. The van der Waals surface area contributed by atoms with E-state index in [-0.39, 0.29) is 18.1 Å². The highest BCUT2D eigenvalue weighted by Crippen LogP contribution is 2.14. The first-order valence-corrected chi connectivity index (χ1v) is 8.82. The standard InChI is InChI=1S/C18H26N4O3/c1-3-14-12-21(9-8-20(14)10-11-25-2)17(23)13-22-16-7-5-4-6-15(16)19-18(22)24/h4-7,14H,3,8-13H2,1-2H3,(H,19,24). The Labute approximate surface area is 147 Å². The van der Waals surface area contributed by atoms with E-state index in [1.165, 1.54) is 4.57 Å². The second-order valence-corrected chi connectivity index (χ2v) is 6.46. The lowest BCUT2D eigenvalue weighted by atomic mass is 10.1. The summed E-state index contributed by atoms with van der Waals surface area (Å²) >= 11 is 0. The molecule has 2 heterocycles. The third kappa shape index (κ3) is 3.77. The Morgan fingerprint density at radius 2 is 2.12 bits per heavy atom. The van der Waals surface area contributed by atoms with Crippen molar-refractivity contribution in [2.75, 3.05) is 39.9 Å². The molecule has 1 aromatic carbocycles. The van der Waals surface area contributed by atoms with Gasteiger partial charge in [-0.05, 0) is 18.6 Å². The molecule has 0 saturated carbocycles. The highest BCUT2D eigenvalue weighted by Gasteiger charge is 2.28. The summed E-state index contributed by atoms with van der Waals surface area (Å²) in [7, 11) is 1.71. The molecule has 0 aliphatic carbocycles. The molecule has 7 heteroatoms. The van der Waals surface area contributed by atoms with Gasteiger partial charge in [0.05, 0.1) is 17.6 Å². The molecule has 1 aliphatic rings. The third-order valence-electron chi connectivity index (χ3n) is 4.99. The van der Waals surface area contributed by atoms with Gasteiger partial charge in [-0.15, -0.1) is 0 Å². The van der Waals surface area contributed by atoms with Crippen LogP contribution in [-0.4, -0.2) is 71.2 Å². The van der Waals surface area contributed by atoms with Crippen molar-refractivity contribution in [2.45, 2.75) is 25.9 Å². The van der Waals surface area contributed by atoms with Crippen LogP contribution in [0.2, 0.25) is 0 Å². The molecular weight excluding hydrogens is 320 g/mol. The number of aromatic nitrogens is 2. The summed E-state index contributed by atoms with van der Waals surface area (Å²) in [6.07, 6.45) is 0.987. The van der Waals surface area contributed by atoms with E-state index < -0.39 is 0 Å². The summed E-state index contributed by atoms with van der Waals surface area (Å²) in [4.78, 5) is 32.0. The molecule has 1 N–H and O–H groups in total. The molecule has 1 fully saturated rings. The molecule has 0 radical (unpaired) electrons. The molecule has 1 unspecified atom stereocenters. The zero-order valence-corrected chi connectivity index (χ0v) is 14.9. The molecule has 136 valence electrons. The van der Waals surface area contributed by atoms with Gasteiger partial charge in [0.15, 0.2) is 0 Å². The number of piperazine rings is 1. The molecular formula is C18H26N4O3. The van der Waals surface area contributed by atoms with E-state index >= 15 is 0 Å². The molecule has 25 heavy (non-hydrogen) atoms. The molecule has 0 bridgehead atoms. The summed E-state index contributed by atoms with van der Waals surface area (Å²) < 4.78 is 6.70. The van der Waals surface area contributed by atoms with E-state index in [1.807, 2.05) is 29.2 Å². The molecule has 0 spiro atoms. The Morgan fingerprint density at radius 1 is 1.32 bits per heavy atom. The van der Waals surface area contributed by atoms with E-state index in [1.54, 1.807) is 7.11 Å². The normalized spacial score (nSPS) is 18.8. The number of hydrogen-bond acceptors (Lipinski definition) is 4. The first-order chi connectivity index (χ1) is 12.1. The predicted molar refractivity (Wildman–Crippen MR) is 96.7 cm³/mol. The lowest BCUT2D eigenvalue weighted by Gasteiger charge is -2.41. The topological polar surface area (TPSA) is 70.6 Å². The highest BCUT2D eigenvalue weighted by atomic mass is 16.5. The minimum atomic E-state index is -0.236. The number of carbonyl (C=O) groups is 1. The predicted octanol–water partition coefficient (Wildman–Crippen LogP) is 0.899. The number of benzene rings is 1. The largest absolute Gasteiger partial charge is 0.383 e. The fraction of sp³-hybridized carbons (Fsp3) is 0.556. The highest BCUT2D eigenvalue weighted by molar-refractivity contribution is 5.80. The van der Waals surface area contributed by atoms with Crippen molar-refractivity contribution in [3.63, 3.8) is 0 Å². The number of hydrogen-bond donors (Lipinski definition) is 1. The van der Waals surface area contributed by atoms with Crippen LogP contribution in [0.4, 0.5) is 0 Å². The average molecular weight is 346 g/mol. The zero-order valence-electron chi connectivity index (χ0n) is 14.9. The maximum atomic E-state index is 12.8. The van der Waals surface area contributed by atoms with Crippen molar-refractivity contribution in [3.05, 3.63) is 34.7 Å². The summed E-state index contributed by atoms with van der Waals surface area (Å²) in [5.74, 6) is -0.00306. The third-order valence-corrected chi connectivity index (χ3v) is 4.99. The van der Waals surface area contributed by atoms with Crippen molar-refractivity contribution in [3.8, 4) is 0 Å². The van der Waals surface area contributed by atoms with Crippen LogP contribution in [0.1, 0.15) is 13.3 Å². The van der Waals surface area contributed by atoms with E-state index in [9.17, 15) is 9.59 Å². The number of fused-ring (bicyclic) bond motifs is 1. The van der Waals surface area contributed by atoms with E-state index in [0.717, 1.165) is 30.5 Å². The van der Waals surface area contributed by atoms with Gasteiger partial charge in [-0.3, -0.25) is 14.3 Å². The van der Waals surface area contributed by atoms with Gasteiger partial charge in [-0.25, -0.2) is 4.79 Å². The second-order valence-electron chi connectivity index (χ2n) is 6.46. The lowest BCUT2D eigenvalue weighted by molar-refractivity contribution is -0.135. The first-order valence-electron chi connectivity index (χ1n) is 8.82. The van der Waals surface area contributed by atoms with Crippen molar-refractivity contribution >= 4 is 16.9 Å². The van der Waals surface area contributed by atoms with Gasteiger partial charge in [-0.1, -0.05) is 19.1 Å². The number of amides is 1. The van der Waals surface area contributed by atoms with Crippen LogP contribution in [0.5, 0.6) is 0 Å². The van der Waals surface area contributed by atoms with Crippen molar-refractivity contribution < 1.29 is 9.53 Å². The summed E-state index contributed by atoms with van der Waals surface area (Å²) in [6, 6.07) is 7.79. The van der Waals surface area contributed by atoms with E-state index in [4.69, 9.17) is 4.74 Å².